The molecule has 0 heterocycles. The molecule has 0 amide bonds. The molecule has 1 aromatic carbocycles. The zero-order valence-electron chi connectivity index (χ0n) is 7.70. The van der Waals surface area contributed by atoms with Gasteiger partial charge in [-0.15, -0.1) is 0 Å². The van der Waals surface area contributed by atoms with Crippen LogP contribution in [0.5, 0.6) is 0 Å². The third-order valence-electron chi connectivity index (χ3n) is 1.65. The first kappa shape index (κ1) is 12.8. The maximum atomic E-state index is 10.7. The van der Waals surface area contributed by atoms with Crippen molar-refractivity contribution < 1.29 is 8.42 Å². The summed E-state index contributed by atoms with van der Waals surface area (Å²) in [4.78, 5) is 0. The van der Waals surface area contributed by atoms with Gasteiger partial charge < -0.3 is 5.32 Å². The van der Waals surface area contributed by atoms with Crippen LogP contribution in [0.4, 0.5) is 5.69 Å². The van der Waals surface area contributed by atoms with E-state index in [2.05, 4.69) is 21.2 Å². The van der Waals surface area contributed by atoms with E-state index in [0.29, 0.717) is 9.50 Å². The number of hydrogen-bond acceptors (Lipinski definition) is 3. The Kier molecular flexibility index (Phi) is 4.39. The summed E-state index contributed by atoms with van der Waals surface area (Å²) in [7, 11) is -3.43. The molecule has 84 valence electrons. The van der Waals surface area contributed by atoms with Gasteiger partial charge in [-0.3, -0.25) is 0 Å². The lowest BCUT2D eigenvalue weighted by molar-refractivity contribution is 0.598. The maximum Gasteiger partial charge on any atom is 0.210 e. The van der Waals surface area contributed by atoms with Gasteiger partial charge >= 0.3 is 0 Å². The molecule has 0 aliphatic heterocycles. The number of rotatable bonds is 4. The normalized spacial score (nSPS) is 11.4. The van der Waals surface area contributed by atoms with Crippen LogP contribution >= 0.6 is 27.5 Å². The van der Waals surface area contributed by atoms with Crippen LogP contribution in [-0.4, -0.2) is 20.7 Å². The molecule has 0 radical (unpaired) electrons. The van der Waals surface area contributed by atoms with Crippen LogP contribution in [0.2, 0.25) is 5.02 Å². The Labute approximate surface area is 102 Å². The van der Waals surface area contributed by atoms with Crippen LogP contribution in [-0.2, 0) is 10.0 Å². The van der Waals surface area contributed by atoms with Gasteiger partial charge in [0.1, 0.15) is 0 Å². The molecule has 15 heavy (non-hydrogen) atoms. The molecule has 1 aromatic rings. The van der Waals surface area contributed by atoms with E-state index < -0.39 is 10.0 Å². The van der Waals surface area contributed by atoms with Gasteiger partial charge in [0, 0.05) is 12.2 Å². The summed E-state index contributed by atoms with van der Waals surface area (Å²) in [6, 6.07) is 5.29. The van der Waals surface area contributed by atoms with Gasteiger partial charge in [0.2, 0.25) is 10.0 Å². The molecular weight excluding hydrogens is 304 g/mol. The van der Waals surface area contributed by atoms with Crippen LogP contribution in [0.15, 0.2) is 22.7 Å². The van der Waals surface area contributed by atoms with Crippen LogP contribution < -0.4 is 10.5 Å². The Morgan fingerprint density at radius 1 is 1.47 bits per heavy atom. The van der Waals surface area contributed by atoms with Gasteiger partial charge in [0.15, 0.2) is 0 Å². The predicted molar refractivity (Wildman–Crippen MR) is 65.6 cm³/mol. The first-order chi connectivity index (χ1) is 6.90. The lowest BCUT2D eigenvalue weighted by Crippen LogP contribution is -2.22. The van der Waals surface area contributed by atoms with Crippen molar-refractivity contribution in [1.29, 1.82) is 0 Å². The van der Waals surface area contributed by atoms with Crippen LogP contribution in [0.1, 0.15) is 0 Å². The molecule has 0 aromatic heterocycles. The number of sulfonamides is 1. The number of nitrogens with two attached hydrogens (primary N) is 1. The highest BCUT2D eigenvalue weighted by atomic mass is 79.9. The molecule has 0 unspecified atom stereocenters. The Hall–Kier alpha value is -0.300. The molecule has 0 atom stereocenters. The molecule has 0 aliphatic rings. The number of nitrogens with one attached hydrogen (secondary N) is 1. The van der Waals surface area contributed by atoms with E-state index >= 15 is 0 Å². The van der Waals surface area contributed by atoms with E-state index in [1.54, 1.807) is 18.2 Å². The highest BCUT2D eigenvalue weighted by Crippen LogP contribution is 2.29. The molecule has 1 rings (SSSR count). The van der Waals surface area contributed by atoms with Gasteiger partial charge in [-0.25, -0.2) is 13.6 Å². The first-order valence-corrected chi connectivity index (χ1v) is 6.97. The summed E-state index contributed by atoms with van der Waals surface area (Å²) in [6.07, 6.45) is 0. The van der Waals surface area contributed by atoms with Crippen molar-refractivity contribution in [2.45, 2.75) is 0 Å². The third kappa shape index (κ3) is 4.38. The second kappa shape index (κ2) is 5.16. The summed E-state index contributed by atoms with van der Waals surface area (Å²) in [5.74, 6) is -0.119. The largest absolute Gasteiger partial charge is 0.383 e. The van der Waals surface area contributed by atoms with Gasteiger partial charge in [-0.1, -0.05) is 17.7 Å². The number of hydrogen-bond donors (Lipinski definition) is 2. The summed E-state index contributed by atoms with van der Waals surface area (Å²) in [5.41, 5.74) is 0.742. The van der Waals surface area contributed by atoms with Crippen molar-refractivity contribution in [2.24, 2.45) is 5.14 Å². The van der Waals surface area contributed by atoms with E-state index in [-0.39, 0.29) is 12.3 Å². The summed E-state index contributed by atoms with van der Waals surface area (Å²) >= 11 is 9.14. The fourth-order valence-corrected chi connectivity index (χ4v) is 1.93. The number of primary sulfonamides is 1. The van der Waals surface area contributed by atoms with Crippen LogP contribution in [0.3, 0.4) is 0 Å². The zero-order valence-corrected chi connectivity index (χ0v) is 10.9. The van der Waals surface area contributed by atoms with E-state index in [0.717, 1.165) is 5.69 Å². The van der Waals surface area contributed by atoms with Crippen molar-refractivity contribution in [2.75, 3.05) is 17.6 Å². The first-order valence-electron chi connectivity index (χ1n) is 4.08. The Morgan fingerprint density at radius 2 is 2.13 bits per heavy atom. The highest BCUT2D eigenvalue weighted by molar-refractivity contribution is 9.10. The minimum absolute atomic E-state index is 0.119. The van der Waals surface area contributed by atoms with Gasteiger partial charge in [-0.05, 0) is 28.1 Å². The van der Waals surface area contributed by atoms with Crippen LogP contribution in [0.25, 0.3) is 0 Å². The number of anilines is 1. The van der Waals surface area contributed by atoms with Crippen LogP contribution in [0, 0.1) is 0 Å². The van der Waals surface area contributed by atoms with E-state index in [4.69, 9.17) is 16.7 Å². The van der Waals surface area contributed by atoms with Gasteiger partial charge in [0.05, 0.1) is 15.2 Å². The molecule has 0 saturated carbocycles. The SMILES string of the molecule is NS(=O)(=O)CCNc1cccc(Cl)c1Br. The molecule has 0 saturated heterocycles. The van der Waals surface area contributed by atoms with Crippen molar-refractivity contribution >= 4 is 43.2 Å². The molecule has 4 nitrogen and oxygen atoms in total. The van der Waals surface area contributed by atoms with Crippen molar-refractivity contribution in [3.8, 4) is 0 Å². The second-order valence-corrected chi connectivity index (χ2v) is 5.83. The zero-order chi connectivity index (χ0) is 11.5. The van der Waals surface area contributed by atoms with E-state index in [1.807, 2.05) is 0 Å². The minimum atomic E-state index is -3.43. The van der Waals surface area contributed by atoms with Crippen molar-refractivity contribution in [1.82, 2.24) is 0 Å². The number of halogens is 2. The molecule has 0 fully saturated rings. The summed E-state index contributed by atoms with van der Waals surface area (Å²) in [6.45, 7) is 0.248. The van der Waals surface area contributed by atoms with Gasteiger partial charge in [-0.2, -0.15) is 0 Å². The van der Waals surface area contributed by atoms with Crippen molar-refractivity contribution in [3.05, 3.63) is 27.7 Å². The maximum absolute atomic E-state index is 10.7. The molecule has 0 bridgehead atoms. The molecule has 7 heteroatoms. The van der Waals surface area contributed by atoms with E-state index in [1.165, 1.54) is 0 Å². The average Bonchev–Trinajstić information content (AvgIpc) is 2.10. The second-order valence-electron chi connectivity index (χ2n) is 2.90. The molecule has 3 N–H and O–H groups in total. The fraction of sp³-hybridized carbons (Fsp3) is 0.250. The predicted octanol–water partition coefficient (Wildman–Crippen LogP) is 1.80. The quantitative estimate of drug-likeness (QED) is 0.890. The monoisotopic (exact) mass is 312 g/mol. The lowest BCUT2D eigenvalue weighted by atomic mass is 10.3. The topological polar surface area (TPSA) is 72.2 Å². The molecular formula is C8H10BrClN2O2S. The standard InChI is InChI=1S/C8H10BrClN2O2S/c9-8-6(10)2-1-3-7(8)12-4-5-15(11,13)14/h1-3,12H,4-5H2,(H2,11,13,14). The summed E-state index contributed by atoms with van der Waals surface area (Å²) in [5, 5.41) is 8.35. The minimum Gasteiger partial charge on any atom is -0.383 e. The Bertz CT molecular complexity index is 450. The average molecular weight is 314 g/mol. The smallest absolute Gasteiger partial charge is 0.210 e. The number of benzene rings is 1. The molecule has 0 spiro atoms. The van der Waals surface area contributed by atoms with E-state index in [9.17, 15) is 8.42 Å². The summed E-state index contributed by atoms with van der Waals surface area (Å²) < 4.78 is 22.1. The Morgan fingerprint density at radius 3 is 2.73 bits per heavy atom. The van der Waals surface area contributed by atoms with Crippen molar-refractivity contribution in [3.63, 3.8) is 0 Å². The highest BCUT2D eigenvalue weighted by Gasteiger charge is 2.05. The fourth-order valence-electron chi connectivity index (χ4n) is 0.968. The van der Waals surface area contributed by atoms with Gasteiger partial charge in [0.25, 0.3) is 0 Å². The lowest BCUT2D eigenvalue weighted by Gasteiger charge is -2.08. The molecule has 0 aliphatic carbocycles. The Balaban J connectivity index is 2.62. The third-order valence-corrected chi connectivity index (χ3v) is 3.82.